The lowest BCUT2D eigenvalue weighted by molar-refractivity contribution is 0.0725. The van der Waals surface area contributed by atoms with Gasteiger partial charge in [0, 0.05) is 30.6 Å². The molecule has 1 saturated heterocycles. The first-order valence-electron chi connectivity index (χ1n) is 9.32. The summed E-state index contributed by atoms with van der Waals surface area (Å²) in [7, 11) is 0. The second-order valence-electron chi connectivity index (χ2n) is 8.11. The van der Waals surface area contributed by atoms with Gasteiger partial charge in [0.2, 0.25) is 0 Å². The Bertz CT molecular complexity index is 743. The van der Waals surface area contributed by atoms with E-state index in [1.807, 2.05) is 11.8 Å². The standard InChI is InChI=1S/C19H28N4O2S/c1-12-15-13(21-22-18(20)26)10-19(2,3)11-14(15)25-16(12)17(24)23-8-6-4-5-7-9-23/h4-11H2,1-3H3,(H3,20,22,26)/b21-13-. The summed E-state index contributed by atoms with van der Waals surface area (Å²) in [5.41, 5.74) is 10.9. The molecular weight excluding hydrogens is 348 g/mol. The smallest absolute Gasteiger partial charge is 0.289 e. The number of thiocarbonyl (C=S) groups is 1. The number of amides is 1. The average molecular weight is 377 g/mol. The molecule has 7 heteroatoms. The number of carbonyl (C=O) groups excluding carboxylic acids is 1. The highest BCUT2D eigenvalue weighted by Gasteiger charge is 2.37. The number of hydrogen-bond acceptors (Lipinski definition) is 4. The summed E-state index contributed by atoms with van der Waals surface area (Å²) in [6.45, 7) is 7.89. The number of nitrogens with one attached hydrogen (secondary N) is 1. The Morgan fingerprint density at radius 3 is 2.50 bits per heavy atom. The Hall–Kier alpha value is -1.89. The third-order valence-electron chi connectivity index (χ3n) is 5.18. The minimum atomic E-state index is -0.00303. The van der Waals surface area contributed by atoms with Crippen LogP contribution in [0.4, 0.5) is 0 Å². The zero-order chi connectivity index (χ0) is 18.9. The number of furan rings is 1. The molecule has 0 saturated carbocycles. The molecule has 1 aliphatic heterocycles. The zero-order valence-corrected chi connectivity index (χ0v) is 16.7. The van der Waals surface area contributed by atoms with Gasteiger partial charge in [0.05, 0.1) is 5.71 Å². The number of carbonyl (C=O) groups is 1. The van der Waals surface area contributed by atoms with Crippen LogP contribution in [0.2, 0.25) is 0 Å². The van der Waals surface area contributed by atoms with E-state index in [2.05, 4.69) is 24.4 Å². The van der Waals surface area contributed by atoms with E-state index in [4.69, 9.17) is 22.4 Å². The van der Waals surface area contributed by atoms with Crippen LogP contribution in [-0.4, -0.2) is 34.7 Å². The maximum atomic E-state index is 13.1. The van der Waals surface area contributed by atoms with Crippen LogP contribution in [-0.2, 0) is 6.42 Å². The highest BCUT2D eigenvalue weighted by atomic mass is 32.1. The first-order chi connectivity index (χ1) is 12.3. The van der Waals surface area contributed by atoms with Gasteiger partial charge in [-0.3, -0.25) is 10.2 Å². The fourth-order valence-electron chi connectivity index (χ4n) is 3.95. The summed E-state index contributed by atoms with van der Waals surface area (Å²) >= 11 is 4.87. The van der Waals surface area contributed by atoms with Crippen molar-refractivity contribution in [3.05, 3.63) is 22.6 Å². The number of likely N-dealkylation sites (tertiary alicyclic amines) is 1. The Labute approximate surface area is 160 Å². The molecule has 1 amide bonds. The van der Waals surface area contributed by atoms with Gasteiger partial charge >= 0.3 is 0 Å². The largest absolute Gasteiger partial charge is 0.455 e. The number of hydrazone groups is 1. The summed E-state index contributed by atoms with van der Waals surface area (Å²) in [6.07, 6.45) is 6.04. The molecule has 2 aliphatic rings. The van der Waals surface area contributed by atoms with E-state index in [0.29, 0.717) is 5.76 Å². The molecule has 142 valence electrons. The molecule has 6 nitrogen and oxygen atoms in total. The van der Waals surface area contributed by atoms with Gasteiger partial charge in [0.1, 0.15) is 5.76 Å². The maximum absolute atomic E-state index is 13.1. The lowest BCUT2D eigenvalue weighted by Gasteiger charge is -2.29. The van der Waals surface area contributed by atoms with E-state index in [9.17, 15) is 4.79 Å². The van der Waals surface area contributed by atoms with Gasteiger partial charge in [0.25, 0.3) is 5.91 Å². The van der Waals surface area contributed by atoms with Crippen LogP contribution in [0.1, 0.15) is 73.4 Å². The van der Waals surface area contributed by atoms with Gasteiger partial charge in [-0.15, -0.1) is 0 Å². The van der Waals surface area contributed by atoms with Gasteiger partial charge < -0.3 is 15.1 Å². The van der Waals surface area contributed by atoms with E-state index >= 15 is 0 Å². The van der Waals surface area contributed by atoms with Crippen LogP contribution >= 0.6 is 12.2 Å². The van der Waals surface area contributed by atoms with Crippen molar-refractivity contribution in [2.75, 3.05) is 13.1 Å². The molecule has 0 unspecified atom stereocenters. The number of hydrogen-bond donors (Lipinski definition) is 2. The molecule has 0 spiro atoms. The lowest BCUT2D eigenvalue weighted by Crippen LogP contribution is -2.32. The van der Waals surface area contributed by atoms with E-state index in [1.165, 1.54) is 12.8 Å². The molecule has 0 aromatic carbocycles. The van der Waals surface area contributed by atoms with Crippen LogP contribution in [0.3, 0.4) is 0 Å². The summed E-state index contributed by atoms with van der Waals surface area (Å²) in [6, 6.07) is 0. The van der Waals surface area contributed by atoms with Crippen molar-refractivity contribution in [1.82, 2.24) is 10.3 Å². The topological polar surface area (TPSA) is 83.9 Å². The summed E-state index contributed by atoms with van der Waals surface area (Å²) in [4.78, 5) is 15.0. The SMILES string of the molecule is Cc1c(C(=O)N2CCCCCC2)oc2c1/C(=N\NC(N)=S)CC(C)(C)C2. The first-order valence-corrected chi connectivity index (χ1v) is 9.73. The zero-order valence-electron chi connectivity index (χ0n) is 15.9. The quantitative estimate of drug-likeness (QED) is 0.612. The van der Waals surface area contributed by atoms with Crippen molar-refractivity contribution in [1.29, 1.82) is 0 Å². The van der Waals surface area contributed by atoms with Gasteiger partial charge in [-0.05, 0) is 43.8 Å². The Balaban J connectivity index is 1.97. The van der Waals surface area contributed by atoms with Crippen molar-refractivity contribution in [3.8, 4) is 0 Å². The molecule has 26 heavy (non-hydrogen) atoms. The molecule has 1 aliphatic carbocycles. The van der Waals surface area contributed by atoms with Gasteiger partial charge in [-0.2, -0.15) is 5.10 Å². The fourth-order valence-corrected chi connectivity index (χ4v) is 4.00. The van der Waals surface area contributed by atoms with Crippen molar-refractivity contribution in [2.45, 2.75) is 59.3 Å². The summed E-state index contributed by atoms with van der Waals surface area (Å²) in [5.74, 6) is 1.29. The summed E-state index contributed by atoms with van der Waals surface area (Å²) in [5, 5.41) is 4.53. The van der Waals surface area contributed by atoms with Crippen LogP contribution in [0.15, 0.2) is 9.52 Å². The molecule has 1 aromatic heterocycles. The van der Waals surface area contributed by atoms with Gasteiger partial charge in [-0.25, -0.2) is 0 Å². The normalized spacial score (nSPS) is 21.2. The molecule has 3 N–H and O–H groups in total. The third kappa shape index (κ3) is 3.92. The van der Waals surface area contributed by atoms with Gasteiger partial charge in [-0.1, -0.05) is 26.7 Å². The lowest BCUT2D eigenvalue weighted by atomic mass is 9.75. The highest BCUT2D eigenvalue weighted by molar-refractivity contribution is 7.80. The predicted molar refractivity (Wildman–Crippen MR) is 106 cm³/mol. The van der Waals surface area contributed by atoms with Gasteiger partial charge in [0.15, 0.2) is 10.9 Å². The molecular formula is C19H28N4O2S. The van der Waals surface area contributed by atoms with Crippen molar-refractivity contribution < 1.29 is 9.21 Å². The minimum Gasteiger partial charge on any atom is -0.455 e. The maximum Gasteiger partial charge on any atom is 0.289 e. The second kappa shape index (κ2) is 7.39. The van der Waals surface area contributed by atoms with Crippen molar-refractivity contribution in [3.63, 3.8) is 0 Å². The molecule has 0 atom stereocenters. The minimum absolute atomic E-state index is 0.00161. The molecule has 0 bridgehead atoms. The molecule has 1 fully saturated rings. The van der Waals surface area contributed by atoms with Crippen LogP contribution in [0, 0.1) is 12.3 Å². The van der Waals surface area contributed by atoms with E-state index in [-0.39, 0.29) is 16.4 Å². The average Bonchev–Trinajstić information content (AvgIpc) is 2.76. The number of nitrogens with zero attached hydrogens (tertiary/aromatic N) is 2. The highest BCUT2D eigenvalue weighted by Crippen LogP contribution is 2.39. The predicted octanol–water partition coefficient (Wildman–Crippen LogP) is 3.11. The Kier molecular flexibility index (Phi) is 5.37. The van der Waals surface area contributed by atoms with Crippen LogP contribution in [0.5, 0.6) is 0 Å². The first kappa shape index (κ1) is 18.9. The van der Waals surface area contributed by atoms with E-state index in [0.717, 1.165) is 61.4 Å². The Morgan fingerprint density at radius 1 is 1.23 bits per heavy atom. The number of rotatable bonds is 2. The van der Waals surface area contributed by atoms with E-state index in [1.54, 1.807) is 0 Å². The third-order valence-corrected chi connectivity index (χ3v) is 5.27. The number of fused-ring (bicyclic) bond motifs is 1. The summed E-state index contributed by atoms with van der Waals surface area (Å²) < 4.78 is 6.10. The molecule has 2 heterocycles. The monoisotopic (exact) mass is 376 g/mol. The number of nitrogens with two attached hydrogens (primary N) is 1. The van der Waals surface area contributed by atoms with Crippen LogP contribution in [0.25, 0.3) is 0 Å². The molecule has 1 aromatic rings. The van der Waals surface area contributed by atoms with E-state index < -0.39 is 0 Å². The second-order valence-corrected chi connectivity index (χ2v) is 8.55. The van der Waals surface area contributed by atoms with Crippen molar-refractivity contribution >= 4 is 28.9 Å². The van der Waals surface area contributed by atoms with Crippen LogP contribution < -0.4 is 11.2 Å². The molecule has 0 radical (unpaired) electrons. The molecule has 3 rings (SSSR count). The van der Waals surface area contributed by atoms with Crippen molar-refractivity contribution in [2.24, 2.45) is 16.3 Å². The Morgan fingerprint density at radius 2 is 1.88 bits per heavy atom. The fraction of sp³-hybridized carbons (Fsp3) is 0.632.